The summed E-state index contributed by atoms with van der Waals surface area (Å²) in [7, 11) is 0. The molecule has 21 heavy (non-hydrogen) atoms. The lowest BCUT2D eigenvalue weighted by Crippen LogP contribution is -2.40. The average molecular weight is 310 g/mol. The molecule has 0 aliphatic carbocycles. The van der Waals surface area contributed by atoms with Crippen molar-refractivity contribution in [1.82, 2.24) is 10.6 Å². The molecule has 0 spiro atoms. The summed E-state index contributed by atoms with van der Waals surface area (Å²) in [6, 6.07) is 3.55. The van der Waals surface area contributed by atoms with E-state index >= 15 is 0 Å². The van der Waals surface area contributed by atoms with Gasteiger partial charge in [0.1, 0.15) is 0 Å². The summed E-state index contributed by atoms with van der Waals surface area (Å²) in [5.74, 6) is 0.452. The van der Waals surface area contributed by atoms with E-state index in [2.05, 4.69) is 24.5 Å². The lowest BCUT2D eigenvalue weighted by atomic mass is 9.93. The quantitative estimate of drug-likeness (QED) is 0.839. The first-order valence-corrected chi connectivity index (χ1v) is 8.16. The number of hydrogen-bond acceptors (Lipinski definition) is 4. The van der Waals surface area contributed by atoms with E-state index in [1.807, 2.05) is 11.4 Å². The normalized spacial score (nSPS) is 21.5. The Morgan fingerprint density at radius 3 is 2.90 bits per heavy atom. The highest BCUT2D eigenvalue weighted by molar-refractivity contribution is 7.12. The van der Waals surface area contributed by atoms with Gasteiger partial charge in [-0.1, -0.05) is 19.9 Å². The smallest absolute Gasteiger partial charge is 0.261 e. The van der Waals surface area contributed by atoms with Gasteiger partial charge in [0.25, 0.3) is 5.91 Å². The van der Waals surface area contributed by atoms with Crippen molar-refractivity contribution in [2.75, 3.05) is 19.7 Å². The second-order valence-electron chi connectivity index (χ2n) is 5.59. The molecule has 2 heterocycles. The molecule has 0 radical (unpaired) electrons. The Labute approximate surface area is 129 Å². The van der Waals surface area contributed by atoms with Gasteiger partial charge in [0.05, 0.1) is 17.5 Å². The molecule has 2 atom stereocenters. The zero-order chi connectivity index (χ0) is 15.2. The number of rotatable bonds is 6. The average Bonchev–Trinajstić information content (AvgIpc) is 3.12. The molecule has 5 nitrogen and oxygen atoms in total. The molecule has 0 unspecified atom stereocenters. The summed E-state index contributed by atoms with van der Waals surface area (Å²) in [6.45, 7) is 5.64. The fraction of sp³-hybridized carbons (Fsp3) is 0.600. The molecule has 0 saturated carbocycles. The largest absolute Gasteiger partial charge is 0.378 e. The van der Waals surface area contributed by atoms with Crippen molar-refractivity contribution in [3.63, 3.8) is 0 Å². The lowest BCUT2D eigenvalue weighted by Gasteiger charge is -2.22. The Bertz CT molecular complexity index is 473. The molecular weight excluding hydrogens is 288 g/mol. The van der Waals surface area contributed by atoms with Crippen LogP contribution in [0.1, 0.15) is 29.9 Å². The fourth-order valence-electron chi connectivity index (χ4n) is 2.57. The van der Waals surface area contributed by atoms with E-state index in [0.29, 0.717) is 23.3 Å². The number of thiophene rings is 1. The Balaban J connectivity index is 1.69. The van der Waals surface area contributed by atoms with Crippen molar-refractivity contribution >= 4 is 23.2 Å². The highest BCUT2D eigenvalue weighted by Crippen LogP contribution is 2.25. The van der Waals surface area contributed by atoms with E-state index in [1.165, 1.54) is 11.3 Å². The van der Waals surface area contributed by atoms with Crippen molar-refractivity contribution in [3.05, 3.63) is 22.4 Å². The van der Waals surface area contributed by atoms with Gasteiger partial charge < -0.3 is 15.4 Å². The molecule has 2 rings (SSSR count). The first kappa shape index (κ1) is 16.0. The second kappa shape index (κ2) is 7.56. The molecule has 1 aliphatic rings. The van der Waals surface area contributed by atoms with Gasteiger partial charge in [0, 0.05) is 19.1 Å². The summed E-state index contributed by atoms with van der Waals surface area (Å²) in [5, 5.41) is 7.34. The molecule has 1 aromatic heterocycles. The summed E-state index contributed by atoms with van der Waals surface area (Å²) >= 11 is 1.36. The maximum atomic E-state index is 11.8. The Kier molecular flexibility index (Phi) is 5.76. The third-order valence-corrected chi connectivity index (χ3v) is 4.51. The van der Waals surface area contributed by atoms with E-state index in [1.54, 1.807) is 6.07 Å². The molecule has 0 aromatic carbocycles. The van der Waals surface area contributed by atoms with Crippen LogP contribution in [0, 0.1) is 11.8 Å². The SMILES string of the molecule is CC(C)[C@@H]1OCC[C@H]1CNC(=O)CNC(=O)c1cccs1. The van der Waals surface area contributed by atoms with Gasteiger partial charge >= 0.3 is 0 Å². The van der Waals surface area contributed by atoms with Crippen LogP contribution in [0.25, 0.3) is 0 Å². The molecule has 1 aliphatic heterocycles. The number of carbonyl (C=O) groups is 2. The van der Waals surface area contributed by atoms with Crippen LogP contribution in [0.3, 0.4) is 0 Å². The van der Waals surface area contributed by atoms with E-state index in [9.17, 15) is 9.59 Å². The first-order chi connectivity index (χ1) is 10.1. The lowest BCUT2D eigenvalue weighted by molar-refractivity contribution is -0.120. The highest BCUT2D eigenvalue weighted by atomic mass is 32.1. The van der Waals surface area contributed by atoms with Gasteiger partial charge in [0.2, 0.25) is 5.91 Å². The molecule has 116 valence electrons. The summed E-state index contributed by atoms with van der Waals surface area (Å²) in [5.41, 5.74) is 0. The van der Waals surface area contributed by atoms with Gasteiger partial charge in [-0.2, -0.15) is 0 Å². The number of nitrogens with one attached hydrogen (secondary N) is 2. The molecule has 1 saturated heterocycles. The zero-order valence-corrected chi connectivity index (χ0v) is 13.2. The molecule has 1 fully saturated rings. The van der Waals surface area contributed by atoms with E-state index in [4.69, 9.17) is 4.74 Å². The molecule has 2 amide bonds. The van der Waals surface area contributed by atoms with Crippen LogP contribution in [-0.2, 0) is 9.53 Å². The van der Waals surface area contributed by atoms with Crippen LogP contribution >= 0.6 is 11.3 Å². The highest BCUT2D eigenvalue weighted by Gasteiger charge is 2.30. The molecule has 2 N–H and O–H groups in total. The predicted octanol–water partition coefficient (Wildman–Crippen LogP) is 1.66. The standard InChI is InChI=1S/C15H22N2O3S/c1-10(2)14-11(5-6-20-14)8-16-13(18)9-17-15(19)12-4-3-7-21-12/h3-4,7,10-11,14H,5-6,8-9H2,1-2H3,(H,16,18)(H,17,19)/t11-,14-/m0/s1. The van der Waals surface area contributed by atoms with Crippen molar-refractivity contribution < 1.29 is 14.3 Å². The van der Waals surface area contributed by atoms with Gasteiger partial charge in [-0.15, -0.1) is 11.3 Å². The van der Waals surface area contributed by atoms with Gasteiger partial charge in [-0.25, -0.2) is 0 Å². The minimum atomic E-state index is -0.204. The van der Waals surface area contributed by atoms with Gasteiger partial charge in [-0.3, -0.25) is 9.59 Å². The Morgan fingerprint density at radius 1 is 1.43 bits per heavy atom. The van der Waals surface area contributed by atoms with Crippen molar-refractivity contribution in [2.24, 2.45) is 11.8 Å². The van der Waals surface area contributed by atoms with Gasteiger partial charge in [-0.05, 0) is 23.8 Å². The second-order valence-corrected chi connectivity index (χ2v) is 6.54. The van der Waals surface area contributed by atoms with Gasteiger partial charge in [0.15, 0.2) is 0 Å². The van der Waals surface area contributed by atoms with Crippen molar-refractivity contribution in [3.8, 4) is 0 Å². The molecule has 0 bridgehead atoms. The van der Waals surface area contributed by atoms with Crippen molar-refractivity contribution in [2.45, 2.75) is 26.4 Å². The third-order valence-electron chi connectivity index (χ3n) is 3.64. The zero-order valence-electron chi connectivity index (χ0n) is 12.4. The number of hydrogen-bond donors (Lipinski definition) is 2. The maximum Gasteiger partial charge on any atom is 0.261 e. The van der Waals surface area contributed by atoms with E-state index in [0.717, 1.165) is 13.0 Å². The summed E-state index contributed by atoms with van der Waals surface area (Å²) in [6.07, 6.45) is 1.19. The fourth-order valence-corrected chi connectivity index (χ4v) is 3.21. The first-order valence-electron chi connectivity index (χ1n) is 7.28. The van der Waals surface area contributed by atoms with Crippen LogP contribution < -0.4 is 10.6 Å². The minimum absolute atomic E-state index is 0.0106. The van der Waals surface area contributed by atoms with Crippen LogP contribution in [0.5, 0.6) is 0 Å². The predicted molar refractivity (Wildman–Crippen MR) is 82.3 cm³/mol. The maximum absolute atomic E-state index is 11.8. The van der Waals surface area contributed by atoms with Crippen LogP contribution in [0.4, 0.5) is 0 Å². The minimum Gasteiger partial charge on any atom is -0.378 e. The summed E-state index contributed by atoms with van der Waals surface area (Å²) < 4.78 is 5.69. The van der Waals surface area contributed by atoms with E-state index < -0.39 is 0 Å². The van der Waals surface area contributed by atoms with E-state index in [-0.39, 0.29) is 24.5 Å². The number of amides is 2. The Morgan fingerprint density at radius 2 is 2.24 bits per heavy atom. The molecule has 1 aromatic rings. The van der Waals surface area contributed by atoms with Crippen molar-refractivity contribution in [1.29, 1.82) is 0 Å². The molecule has 6 heteroatoms. The Hall–Kier alpha value is -1.40. The number of carbonyl (C=O) groups excluding carboxylic acids is 2. The van der Waals surface area contributed by atoms with Crippen LogP contribution in [0.15, 0.2) is 17.5 Å². The topological polar surface area (TPSA) is 67.4 Å². The van der Waals surface area contributed by atoms with Crippen LogP contribution in [0.2, 0.25) is 0 Å². The van der Waals surface area contributed by atoms with Crippen LogP contribution in [-0.4, -0.2) is 37.6 Å². The monoisotopic (exact) mass is 310 g/mol. The molecular formula is C15H22N2O3S. The third kappa shape index (κ3) is 4.54. The summed E-state index contributed by atoms with van der Waals surface area (Å²) in [4.78, 5) is 24.1. The number of ether oxygens (including phenoxy) is 1.